The fraction of sp³-hybridized carbons (Fsp3) is 0.867. The van der Waals surface area contributed by atoms with Crippen molar-refractivity contribution in [1.82, 2.24) is 25.2 Å². The highest BCUT2D eigenvalue weighted by molar-refractivity contribution is 4.91. The van der Waals surface area contributed by atoms with E-state index in [-0.39, 0.29) is 0 Å². The third kappa shape index (κ3) is 4.87. The Balaban J connectivity index is 1.69. The molecule has 5 nitrogen and oxygen atoms in total. The van der Waals surface area contributed by atoms with Crippen LogP contribution >= 0.6 is 0 Å². The summed E-state index contributed by atoms with van der Waals surface area (Å²) >= 11 is 0. The van der Waals surface area contributed by atoms with Crippen LogP contribution in [0.4, 0.5) is 0 Å². The Labute approximate surface area is 122 Å². The molecule has 1 aliphatic carbocycles. The normalized spacial score (nSPS) is 17.1. The van der Waals surface area contributed by atoms with Gasteiger partial charge in [-0.3, -0.25) is 4.68 Å². The molecule has 1 atom stereocenters. The van der Waals surface area contributed by atoms with Crippen LogP contribution in [-0.2, 0) is 13.1 Å². The summed E-state index contributed by atoms with van der Waals surface area (Å²) in [6.07, 6.45) is 4.87. The minimum Gasteiger partial charge on any atom is -0.311 e. The van der Waals surface area contributed by atoms with Gasteiger partial charge in [-0.2, -0.15) is 0 Å². The van der Waals surface area contributed by atoms with Crippen molar-refractivity contribution in [3.05, 3.63) is 11.9 Å². The third-order valence-electron chi connectivity index (χ3n) is 4.13. The van der Waals surface area contributed by atoms with Gasteiger partial charge < -0.3 is 10.2 Å². The first-order valence-electron chi connectivity index (χ1n) is 7.86. The quantitative estimate of drug-likeness (QED) is 0.748. The molecular formula is C15H29N5. The SMILES string of the molecule is CC(C)CNCc1cn(CCN(C)C(C)C2CC2)nn1. The molecule has 0 amide bonds. The summed E-state index contributed by atoms with van der Waals surface area (Å²) in [5.41, 5.74) is 1.03. The lowest BCUT2D eigenvalue weighted by Gasteiger charge is -2.24. The molecule has 1 unspecified atom stereocenters. The van der Waals surface area contributed by atoms with Gasteiger partial charge in [0, 0.05) is 25.3 Å². The topological polar surface area (TPSA) is 46.0 Å². The van der Waals surface area contributed by atoms with E-state index in [1.807, 2.05) is 4.68 Å². The monoisotopic (exact) mass is 279 g/mol. The lowest BCUT2D eigenvalue weighted by atomic mass is 10.2. The van der Waals surface area contributed by atoms with E-state index in [2.05, 4.69) is 54.5 Å². The summed E-state index contributed by atoms with van der Waals surface area (Å²) in [6.45, 7) is 10.5. The summed E-state index contributed by atoms with van der Waals surface area (Å²) in [6, 6.07) is 0.700. The van der Waals surface area contributed by atoms with E-state index in [1.54, 1.807) is 0 Å². The predicted octanol–water partition coefficient (Wildman–Crippen LogP) is 1.75. The lowest BCUT2D eigenvalue weighted by molar-refractivity contribution is 0.222. The van der Waals surface area contributed by atoms with Crippen molar-refractivity contribution in [3.8, 4) is 0 Å². The summed E-state index contributed by atoms with van der Waals surface area (Å²) in [4.78, 5) is 2.44. The molecule has 1 aromatic rings. The predicted molar refractivity (Wildman–Crippen MR) is 81.4 cm³/mol. The van der Waals surface area contributed by atoms with Gasteiger partial charge in [0.25, 0.3) is 0 Å². The molecule has 114 valence electrons. The number of nitrogens with one attached hydrogen (secondary N) is 1. The summed E-state index contributed by atoms with van der Waals surface area (Å²) in [5.74, 6) is 1.59. The number of hydrogen-bond donors (Lipinski definition) is 1. The number of rotatable bonds is 9. The zero-order chi connectivity index (χ0) is 14.5. The lowest BCUT2D eigenvalue weighted by Crippen LogP contribution is -2.33. The average Bonchev–Trinajstić information content (AvgIpc) is 3.16. The van der Waals surface area contributed by atoms with Gasteiger partial charge in [0.15, 0.2) is 0 Å². The van der Waals surface area contributed by atoms with E-state index in [0.29, 0.717) is 12.0 Å². The third-order valence-corrected chi connectivity index (χ3v) is 4.13. The van der Waals surface area contributed by atoms with E-state index in [9.17, 15) is 0 Å². The van der Waals surface area contributed by atoms with Crippen LogP contribution in [-0.4, -0.2) is 46.1 Å². The van der Waals surface area contributed by atoms with Crippen LogP contribution in [0.25, 0.3) is 0 Å². The molecule has 1 N–H and O–H groups in total. The van der Waals surface area contributed by atoms with E-state index < -0.39 is 0 Å². The standard InChI is InChI=1S/C15H29N5/c1-12(2)9-16-10-15-11-20(18-17-15)8-7-19(4)13(3)14-5-6-14/h11-14,16H,5-10H2,1-4H3. The molecule has 5 heteroatoms. The van der Waals surface area contributed by atoms with Crippen molar-refractivity contribution in [2.75, 3.05) is 20.1 Å². The van der Waals surface area contributed by atoms with Crippen molar-refractivity contribution in [1.29, 1.82) is 0 Å². The molecule has 2 rings (SSSR count). The molecule has 1 aromatic heterocycles. The van der Waals surface area contributed by atoms with Gasteiger partial charge in [0.05, 0.1) is 12.2 Å². The first kappa shape index (κ1) is 15.4. The highest BCUT2D eigenvalue weighted by Gasteiger charge is 2.30. The van der Waals surface area contributed by atoms with Crippen LogP contribution in [0, 0.1) is 11.8 Å². The molecule has 0 radical (unpaired) electrons. The van der Waals surface area contributed by atoms with E-state index >= 15 is 0 Å². The van der Waals surface area contributed by atoms with Crippen LogP contribution in [0.3, 0.4) is 0 Å². The molecular weight excluding hydrogens is 250 g/mol. The minimum absolute atomic E-state index is 0.669. The van der Waals surface area contributed by atoms with Gasteiger partial charge in [-0.25, -0.2) is 0 Å². The largest absolute Gasteiger partial charge is 0.311 e. The summed E-state index contributed by atoms with van der Waals surface area (Å²) in [5, 5.41) is 11.8. The first-order chi connectivity index (χ1) is 9.56. The van der Waals surface area contributed by atoms with Crippen molar-refractivity contribution in [3.63, 3.8) is 0 Å². The zero-order valence-electron chi connectivity index (χ0n) is 13.3. The van der Waals surface area contributed by atoms with Gasteiger partial charge >= 0.3 is 0 Å². The highest BCUT2D eigenvalue weighted by atomic mass is 15.4. The van der Waals surface area contributed by atoms with E-state index in [4.69, 9.17) is 0 Å². The molecule has 1 heterocycles. The van der Waals surface area contributed by atoms with Gasteiger partial charge in [-0.1, -0.05) is 19.1 Å². The zero-order valence-corrected chi connectivity index (χ0v) is 13.3. The Hall–Kier alpha value is -0.940. The van der Waals surface area contributed by atoms with Crippen LogP contribution in [0.5, 0.6) is 0 Å². The maximum Gasteiger partial charge on any atom is 0.0964 e. The smallest absolute Gasteiger partial charge is 0.0964 e. The molecule has 20 heavy (non-hydrogen) atoms. The molecule has 0 saturated heterocycles. The number of likely N-dealkylation sites (N-methyl/N-ethyl adjacent to an activating group) is 1. The molecule has 0 spiro atoms. The fourth-order valence-electron chi connectivity index (χ4n) is 2.42. The molecule has 0 bridgehead atoms. The van der Waals surface area contributed by atoms with Crippen LogP contribution in [0.15, 0.2) is 6.20 Å². The van der Waals surface area contributed by atoms with Gasteiger partial charge in [0.1, 0.15) is 0 Å². The Bertz CT molecular complexity index is 397. The van der Waals surface area contributed by atoms with Crippen molar-refractivity contribution in [2.24, 2.45) is 11.8 Å². The minimum atomic E-state index is 0.669. The van der Waals surface area contributed by atoms with Crippen LogP contribution in [0.2, 0.25) is 0 Å². The van der Waals surface area contributed by atoms with Crippen LogP contribution in [0.1, 0.15) is 39.3 Å². The van der Waals surface area contributed by atoms with Gasteiger partial charge in [-0.05, 0) is 45.2 Å². The Kier molecular flexibility index (Phi) is 5.54. The Morgan fingerprint density at radius 3 is 2.80 bits per heavy atom. The number of hydrogen-bond acceptors (Lipinski definition) is 4. The van der Waals surface area contributed by atoms with Gasteiger partial charge in [0.2, 0.25) is 0 Å². The fourth-order valence-corrected chi connectivity index (χ4v) is 2.42. The number of aromatic nitrogens is 3. The number of nitrogens with zero attached hydrogens (tertiary/aromatic N) is 4. The van der Waals surface area contributed by atoms with E-state index in [0.717, 1.165) is 37.8 Å². The molecule has 1 fully saturated rings. The second-order valence-electron chi connectivity index (χ2n) is 6.56. The summed E-state index contributed by atoms with van der Waals surface area (Å²) < 4.78 is 1.96. The van der Waals surface area contributed by atoms with Crippen LogP contribution < -0.4 is 5.32 Å². The second-order valence-corrected chi connectivity index (χ2v) is 6.56. The van der Waals surface area contributed by atoms with Crippen molar-refractivity contribution in [2.45, 2.75) is 52.7 Å². The average molecular weight is 279 g/mol. The van der Waals surface area contributed by atoms with Gasteiger partial charge in [-0.15, -0.1) is 5.10 Å². The maximum atomic E-state index is 4.22. The second kappa shape index (κ2) is 7.18. The highest BCUT2D eigenvalue weighted by Crippen LogP contribution is 2.34. The maximum absolute atomic E-state index is 4.22. The molecule has 0 aromatic carbocycles. The summed E-state index contributed by atoms with van der Waals surface area (Å²) in [7, 11) is 2.21. The molecule has 1 saturated carbocycles. The Morgan fingerprint density at radius 2 is 2.15 bits per heavy atom. The van der Waals surface area contributed by atoms with Crippen molar-refractivity contribution < 1.29 is 0 Å². The van der Waals surface area contributed by atoms with E-state index in [1.165, 1.54) is 12.8 Å². The first-order valence-corrected chi connectivity index (χ1v) is 7.86. The van der Waals surface area contributed by atoms with Crippen molar-refractivity contribution >= 4 is 0 Å². The molecule has 0 aliphatic heterocycles. The Morgan fingerprint density at radius 1 is 1.40 bits per heavy atom. The molecule has 1 aliphatic rings.